The highest BCUT2D eigenvalue weighted by atomic mass is 32.1. The summed E-state index contributed by atoms with van der Waals surface area (Å²) in [5, 5.41) is 10.9. The monoisotopic (exact) mass is 462 g/mol. The molecule has 1 atom stereocenters. The van der Waals surface area contributed by atoms with Crippen LogP contribution in [0.2, 0.25) is 0 Å². The normalized spacial score (nSPS) is 17.5. The molecule has 1 aliphatic heterocycles. The molecule has 1 saturated heterocycles. The van der Waals surface area contributed by atoms with Crippen LogP contribution in [0.5, 0.6) is 0 Å². The van der Waals surface area contributed by atoms with Gasteiger partial charge in [0.05, 0.1) is 6.54 Å². The minimum atomic E-state index is -0.256. The van der Waals surface area contributed by atoms with Crippen LogP contribution in [0.3, 0.4) is 0 Å². The Kier molecular flexibility index (Phi) is 7.11. The Morgan fingerprint density at radius 2 is 1.88 bits per heavy atom. The standard InChI is InChI=1S/C26H30N4O2S/c1-26(2)15-22(18-30(26)17-19-8-4-3-5-9-19)29-25(32)28-21-11-6-10-20(14-21)24(31)27-16-23-12-7-13-33-23/h3-14,22H,15-18H2,1-2H3,(H,27,31)(H2,28,29,32). The van der Waals surface area contributed by atoms with Crippen LogP contribution < -0.4 is 16.0 Å². The molecular weight excluding hydrogens is 432 g/mol. The molecule has 7 heteroatoms. The van der Waals surface area contributed by atoms with Crippen molar-refractivity contribution < 1.29 is 9.59 Å². The smallest absolute Gasteiger partial charge is 0.319 e. The van der Waals surface area contributed by atoms with Crippen LogP contribution in [0.15, 0.2) is 72.1 Å². The Balaban J connectivity index is 1.30. The summed E-state index contributed by atoms with van der Waals surface area (Å²) < 4.78 is 0. The molecular formula is C26H30N4O2S. The van der Waals surface area contributed by atoms with Crippen molar-refractivity contribution in [2.75, 3.05) is 11.9 Å². The van der Waals surface area contributed by atoms with E-state index in [1.807, 2.05) is 23.6 Å². The first kappa shape index (κ1) is 23.0. The van der Waals surface area contributed by atoms with Crippen LogP contribution in [0, 0.1) is 0 Å². The fourth-order valence-corrected chi connectivity index (χ4v) is 4.91. The molecule has 2 heterocycles. The van der Waals surface area contributed by atoms with Gasteiger partial charge in [-0.15, -0.1) is 11.3 Å². The molecule has 0 spiro atoms. The summed E-state index contributed by atoms with van der Waals surface area (Å²) in [7, 11) is 0. The Morgan fingerprint density at radius 1 is 1.06 bits per heavy atom. The molecule has 0 radical (unpaired) electrons. The fourth-order valence-electron chi connectivity index (χ4n) is 4.26. The van der Waals surface area contributed by atoms with Crippen LogP contribution in [0.25, 0.3) is 0 Å². The molecule has 3 N–H and O–H groups in total. The molecule has 1 aromatic heterocycles. The summed E-state index contributed by atoms with van der Waals surface area (Å²) in [6, 6.07) is 21.1. The summed E-state index contributed by atoms with van der Waals surface area (Å²) in [5.74, 6) is -0.165. The van der Waals surface area contributed by atoms with Crippen molar-refractivity contribution in [2.24, 2.45) is 0 Å². The molecule has 1 unspecified atom stereocenters. The highest BCUT2D eigenvalue weighted by Gasteiger charge is 2.38. The van der Waals surface area contributed by atoms with E-state index < -0.39 is 0 Å². The van der Waals surface area contributed by atoms with Crippen molar-refractivity contribution in [1.29, 1.82) is 0 Å². The molecule has 33 heavy (non-hydrogen) atoms. The summed E-state index contributed by atoms with van der Waals surface area (Å²) in [6.07, 6.45) is 0.873. The van der Waals surface area contributed by atoms with Crippen LogP contribution in [0.4, 0.5) is 10.5 Å². The summed E-state index contributed by atoms with van der Waals surface area (Å²) >= 11 is 1.60. The van der Waals surface area contributed by atoms with Crippen molar-refractivity contribution in [3.05, 3.63) is 88.1 Å². The maximum absolute atomic E-state index is 12.7. The van der Waals surface area contributed by atoms with E-state index in [1.165, 1.54) is 5.56 Å². The van der Waals surface area contributed by atoms with E-state index in [0.29, 0.717) is 17.8 Å². The zero-order valence-corrected chi connectivity index (χ0v) is 19.8. The van der Waals surface area contributed by atoms with Gasteiger partial charge in [-0.25, -0.2) is 4.79 Å². The number of nitrogens with one attached hydrogen (secondary N) is 3. The molecule has 3 aromatic rings. The van der Waals surface area contributed by atoms with Gasteiger partial charge in [0.2, 0.25) is 0 Å². The van der Waals surface area contributed by atoms with Crippen molar-refractivity contribution >= 4 is 29.0 Å². The maximum atomic E-state index is 12.7. The average Bonchev–Trinajstić information content (AvgIpc) is 3.40. The third-order valence-electron chi connectivity index (χ3n) is 5.98. The SMILES string of the molecule is CC1(C)CC(NC(=O)Nc2cccc(C(=O)NCc3cccs3)c2)CN1Cc1ccccc1. The lowest BCUT2D eigenvalue weighted by Gasteiger charge is -2.31. The second kappa shape index (κ2) is 10.2. The Bertz CT molecular complexity index is 1080. The van der Waals surface area contributed by atoms with Gasteiger partial charge in [-0.2, -0.15) is 0 Å². The Hall–Kier alpha value is -3.16. The number of rotatable bonds is 7. The van der Waals surface area contributed by atoms with Gasteiger partial charge in [0.25, 0.3) is 5.91 Å². The number of carbonyl (C=O) groups is 2. The largest absolute Gasteiger partial charge is 0.347 e. The fraction of sp³-hybridized carbons (Fsp3) is 0.308. The number of likely N-dealkylation sites (tertiary alicyclic amines) is 1. The number of urea groups is 1. The predicted octanol–water partition coefficient (Wildman–Crippen LogP) is 4.85. The molecule has 6 nitrogen and oxygen atoms in total. The molecule has 2 aromatic carbocycles. The molecule has 172 valence electrons. The topological polar surface area (TPSA) is 73.5 Å². The number of anilines is 1. The second-order valence-electron chi connectivity index (χ2n) is 9.02. The summed E-state index contributed by atoms with van der Waals surface area (Å²) in [4.78, 5) is 28.6. The van der Waals surface area contributed by atoms with Gasteiger partial charge in [0.15, 0.2) is 0 Å². The molecule has 1 fully saturated rings. The highest BCUT2D eigenvalue weighted by molar-refractivity contribution is 7.09. The van der Waals surface area contributed by atoms with Crippen LogP contribution in [-0.4, -0.2) is 35.0 Å². The molecule has 0 bridgehead atoms. The maximum Gasteiger partial charge on any atom is 0.319 e. The highest BCUT2D eigenvalue weighted by Crippen LogP contribution is 2.30. The van der Waals surface area contributed by atoms with Crippen molar-refractivity contribution in [3.8, 4) is 0 Å². The third kappa shape index (κ3) is 6.21. The van der Waals surface area contributed by atoms with Gasteiger partial charge in [0, 0.05) is 40.8 Å². The lowest BCUT2D eigenvalue weighted by molar-refractivity contribution is 0.0951. The number of amides is 3. The zero-order valence-electron chi connectivity index (χ0n) is 19.0. The number of carbonyl (C=O) groups excluding carboxylic acids is 2. The van der Waals surface area contributed by atoms with Crippen LogP contribution in [-0.2, 0) is 13.1 Å². The minimum Gasteiger partial charge on any atom is -0.347 e. The van der Waals surface area contributed by atoms with Gasteiger partial charge in [-0.3, -0.25) is 9.69 Å². The quantitative estimate of drug-likeness (QED) is 0.470. The third-order valence-corrected chi connectivity index (χ3v) is 6.86. The molecule has 1 aliphatic rings. The Morgan fingerprint density at radius 3 is 2.64 bits per heavy atom. The van der Waals surface area contributed by atoms with Crippen molar-refractivity contribution in [2.45, 2.75) is 44.9 Å². The predicted molar refractivity (Wildman–Crippen MR) is 133 cm³/mol. The first-order chi connectivity index (χ1) is 15.9. The number of nitrogens with zero attached hydrogens (tertiary/aromatic N) is 1. The number of thiophene rings is 1. The van der Waals surface area contributed by atoms with Gasteiger partial charge >= 0.3 is 6.03 Å². The van der Waals surface area contributed by atoms with E-state index in [4.69, 9.17) is 0 Å². The lowest BCUT2D eigenvalue weighted by Crippen LogP contribution is -2.39. The Labute approximate surface area is 199 Å². The van der Waals surface area contributed by atoms with Gasteiger partial charge in [0.1, 0.15) is 0 Å². The second-order valence-corrected chi connectivity index (χ2v) is 10.1. The first-order valence-corrected chi connectivity index (χ1v) is 12.0. The van der Waals surface area contributed by atoms with E-state index in [0.717, 1.165) is 24.4 Å². The van der Waals surface area contributed by atoms with Crippen LogP contribution in [0.1, 0.15) is 41.1 Å². The van der Waals surface area contributed by atoms with E-state index in [9.17, 15) is 9.59 Å². The van der Waals surface area contributed by atoms with E-state index in [1.54, 1.807) is 35.6 Å². The number of hydrogen-bond donors (Lipinski definition) is 3. The van der Waals surface area contributed by atoms with Gasteiger partial charge in [-0.1, -0.05) is 42.5 Å². The summed E-state index contributed by atoms with van der Waals surface area (Å²) in [6.45, 7) is 6.57. The number of hydrogen-bond acceptors (Lipinski definition) is 4. The van der Waals surface area contributed by atoms with Crippen molar-refractivity contribution in [1.82, 2.24) is 15.5 Å². The molecule has 0 saturated carbocycles. The number of benzene rings is 2. The van der Waals surface area contributed by atoms with Crippen LogP contribution >= 0.6 is 11.3 Å². The zero-order chi connectivity index (χ0) is 23.3. The molecule has 4 rings (SSSR count). The van der Waals surface area contributed by atoms with E-state index in [-0.39, 0.29) is 23.5 Å². The summed E-state index contributed by atoms with van der Waals surface area (Å²) in [5.41, 5.74) is 2.37. The molecule has 3 amide bonds. The van der Waals surface area contributed by atoms with E-state index >= 15 is 0 Å². The molecule has 0 aliphatic carbocycles. The van der Waals surface area contributed by atoms with Crippen molar-refractivity contribution in [3.63, 3.8) is 0 Å². The average molecular weight is 463 g/mol. The first-order valence-electron chi connectivity index (χ1n) is 11.2. The minimum absolute atomic E-state index is 0.00560. The van der Waals surface area contributed by atoms with E-state index in [2.05, 4.69) is 59.0 Å². The van der Waals surface area contributed by atoms with Gasteiger partial charge < -0.3 is 16.0 Å². The lowest BCUT2D eigenvalue weighted by atomic mass is 10.00. The van der Waals surface area contributed by atoms with Gasteiger partial charge in [-0.05, 0) is 55.5 Å².